The van der Waals surface area contributed by atoms with E-state index in [0.29, 0.717) is 12.1 Å². The van der Waals surface area contributed by atoms with Gasteiger partial charge in [-0.25, -0.2) is 0 Å². The fourth-order valence-electron chi connectivity index (χ4n) is 2.78. The van der Waals surface area contributed by atoms with E-state index in [1.165, 1.54) is 0 Å². The standard InChI is InChI=1S/C16H19N3O/c1-11-7-8-12-4-2-6-14(15(12)18-11)16(20)19-9-3-5-13(17)10-19/h2,4,6-8,13H,3,5,9-10,17H2,1H3. The number of nitrogens with two attached hydrogens (primary N) is 1. The van der Waals surface area contributed by atoms with Gasteiger partial charge in [0.15, 0.2) is 0 Å². The van der Waals surface area contributed by atoms with E-state index in [2.05, 4.69) is 4.98 Å². The molecule has 0 spiro atoms. The van der Waals surface area contributed by atoms with Crippen molar-refractivity contribution >= 4 is 16.8 Å². The first kappa shape index (κ1) is 13.1. The molecule has 1 fully saturated rings. The van der Waals surface area contributed by atoms with E-state index >= 15 is 0 Å². The fourth-order valence-corrected chi connectivity index (χ4v) is 2.78. The summed E-state index contributed by atoms with van der Waals surface area (Å²) in [5, 5.41) is 1.00. The van der Waals surface area contributed by atoms with Crippen molar-refractivity contribution in [2.45, 2.75) is 25.8 Å². The van der Waals surface area contributed by atoms with Crippen LogP contribution < -0.4 is 5.73 Å². The van der Waals surface area contributed by atoms with Gasteiger partial charge in [-0.1, -0.05) is 18.2 Å². The molecule has 0 bridgehead atoms. The number of hydrogen-bond donors (Lipinski definition) is 1. The Bertz CT molecular complexity index is 653. The van der Waals surface area contributed by atoms with Crippen molar-refractivity contribution in [3.8, 4) is 0 Å². The van der Waals surface area contributed by atoms with Crippen molar-refractivity contribution in [1.82, 2.24) is 9.88 Å². The van der Waals surface area contributed by atoms with Gasteiger partial charge in [-0.05, 0) is 31.9 Å². The van der Waals surface area contributed by atoms with Crippen LogP contribution in [0.15, 0.2) is 30.3 Å². The topological polar surface area (TPSA) is 59.2 Å². The number of carbonyl (C=O) groups excluding carboxylic acids is 1. The minimum absolute atomic E-state index is 0.0452. The van der Waals surface area contributed by atoms with Crippen LogP contribution in [-0.4, -0.2) is 34.9 Å². The van der Waals surface area contributed by atoms with Gasteiger partial charge in [0.1, 0.15) is 0 Å². The number of benzene rings is 1. The summed E-state index contributed by atoms with van der Waals surface area (Å²) < 4.78 is 0. The van der Waals surface area contributed by atoms with Crippen LogP contribution in [0.4, 0.5) is 0 Å². The molecule has 0 saturated carbocycles. The predicted molar refractivity (Wildman–Crippen MR) is 79.6 cm³/mol. The second-order valence-corrected chi connectivity index (χ2v) is 5.48. The molecule has 0 radical (unpaired) electrons. The normalized spacial score (nSPS) is 19.3. The highest BCUT2D eigenvalue weighted by atomic mass is 16.2. The van der Waals surface area contributed by atoms with Gasteiger partial charge in [-0.2, -0.15) is 0 Å². The van der Waals surface area contributed by atoms with Gasteiger partial charge in [0.05, 0.1) is 11.1 Å². The zero-order valence-electron chi connectivity index (χ0n) is 11.7. The molecule has 2 heterocycles. The third-order valence-electron chi connectivity index (χ3n) is 3.83. The molecule has 1 saturated heterocycles. The van der Waals surface area contributed by atoms with E-state index in [1.807, 2.05) is 42.2 Å². The van der Waals surface area contributed by atoms with Gasteiger partial charge >= 0.3 is 0 Å². The quantitative estimate of drug-likeness (QED) is 0.862. The first-order chi connectivity index (χ1) is 9.65. The van der Waals surface area contributed by atoms with E-state index < -0.39 is 0 Å². The number of pyridine rings is 1. The van der Waals surface area contributed by atoms with Crippen molar-refractivity contribution < 1.29 is 4.79 Å². The minimum Gasteiger partial charge on any atom is -0.337 e. The van der Waals surface area contributed by atoms with Crippen molar-refractivity contribution in [3.63, 3.8) is 0 Å². The number of amides is 1. The SMILES string of the molecule is Cc1ccc2cccc(C(=O)N3CCCC(N)C3)c2n1. The molecule has 20 heavy (non-hydrogen) atoms. The molecule has 1 amide bonds. The number of piperidine rings is 1. The number of hydrogen-bond acceptors (Lipinski definition) is 3. The lowest BCUT2D eigenvalue weighted by Crippen LogP contribution is -2.45. The molecule has 4 heteroatoms. The Balaban J connectivity index is 2.00. The van der Waals surface area contributed by atoms with Crippen LogP contribution in [0.3, 0.4) is 0 Å². The maximum absolute atomic E-state index is 12.7. The molecule has 1 aliphatic heterocycles. The Kier molecular flexibility index (Phi) is 3.40. The summed E-state index contributed by atoms with van der Waals surface area (Å²) in [5.41, 5.74) is 8.36. The van der Waals surface area contributed by atoms with Crippen molar-refractivity contribution in [1.29, 1.82) is 0 Å². The molecule has 2 aromatic rings. The van der Waals surface area contributed by atoms with Crippen LogP contribution in [0.5, 0.6) is 0 Å². The molecule has 2 N–H and O–H groups in total. The van der Waals surface area contributed by atoms with Gasteiger partial charge < -0.3 is 10.6 Å². The Labute approximate surface area is 118 Å². The summed E-state index contributed by atoms with van der Waals surface area (Å²) in [4.78, 5) is 19.1. The van der Waals surface area contributed by atoms with E-state index in [1.54, 1.807) is 0 Å². The second kappa shape index (κ2) is 5.21. The molecule has 4 nitrogen and oxygen atoms in total. The Hall–Kier alpha value is -1.94. The van der Waals surface area contributed by atoms with Crippen LogP contribution in [0.2, 0.25) is 0 Å². The lowest BCUT2D eigenvalue weighted by atomic mass is 10.0. The smallest absolute Gasteiger partial charge is 0.256 e. The summed E-state index contributed by atoms with van der Waals surface area (Å²) in [5.74, 6) is 0.0452. The van der Waals surface area contributed by atoms with Crippen LogP contribution in [0, 0.1) is 6.92 Å². The summed E-state index contributed by atoms with van der Waals surface area (Å²) in [7, 11) is 0. The first-order valence-electron chi connectivity index (χ1n) is 7.06. The van der Waals surface area contributed by atoms with Crippen molar-refractivity contribution in [2.24, 2.45) is 5.73 Å². The maximum Gasteiger partial charge on any atom is 0.256 e. The number of fused-ring (bicyclic) bond motifs is 1. The van der Waals surface area contributed by atoms with E-state index in [-0.39, 0.29) is 11.9 Å². The number of rotatable bonds is 1. The van der Waals surface area contributed by atoms with Crippen molar-refractivity contribution in [3.05, 3.63) is 41.6 Å². The van der Waals surface area contributed by atoms with Crippen LogP contribution in [0.1, 0.15) is 28.9 Å². The van der Waals surface area contributed by atoms with Gasteiger partial charge in [0.25, 0.3) is 5.91 Å². The van der Waals surface area contributed by atoms with E-state index in [4.69, 9.17) is 5.73 Å². The number of likely N-dealkylation sites (tertiary alicyclic amines) is 1. The molecule has 104 valence electrons. The number of aryl methyl sites for hydroxylation is 1. The van der Waals surface area contributed by atoms with Gasteiger partial charge in [-0.15, -0.1) is 0 Å². The zero-order valence-corrected chi connectivity index (χ0v) is 11.7. The highest BCUT2D eigenvalue weighted by molar-refractivity contribution is 6.05. The Morgan fingerprint density at radius 3 is 3.00 bits per heavy atom. The van der Waals surface area contributed by atoms with Gasteiger partial charge in [-0.3, -0.25) is 9.78 Å². The average molecular weight is 269 g/mol. The molecule has 1 unspecified atom stereocenters. The summed E-state index contributed by atoms with van der Waals surface area (Å²) in [6.45, 7) is 3.37. The molecule has 1 atom stereocenters. The second-order valence-electron chi connectivity index (χ2n) is 5.48. The zero-order chi connectivity index (χ0) is 14.1. The molecule has 0 aliphatic carbocycles. The molecule has 1 aromatic heterocycles. The number of para-hydroxylation sites is 1. The summed E-state index contributed by atoms with van der Waals surface area (Å²) in [6.07, 6.45) is 1.97. The number of carbonyl (C=O) groups is 1. The Morgan fingerprint density at radius 1 is 1.35 bits per heavy atom. The number of nitrogens with zero attached hydrogens (tertiary/aromatic N) is 2. The van der Waals surface area contributed by atoms with E-state index in [0.717, 1.165) is 36.0 Å². The number of aromatic nitrogens is 1. The van der Waals surface area contributed by atoms with Gasteiger partial charge in [0.2, 0.25) is 0 Å². The highest BCUT2D eigenvalue weighted by Crippen LogP contribution is 2.20. The lowest BCUT2D eigenvalue weighted by molar-refractivity contribution is 0.0710. The highest BCUT2D eigenvalue weighted by Gasteiger charge is 2.23. The molecular formula is C16H19N3O. The fraction of sp³-hybridized carbons (Fsp3) is 0.375. The summed E-state index contributed by atoms with van der Waals surface area (Å²) in [6, 6.07) is 9.83. The molecule has 1 aliphatic rings. The average Bonchev–Trinajstić information content (AvgIpc) is 2.46. The third kappa shape index (κ3) is 2.39. The minimum atomic E-state index is 0.0452. The first-order valence-corrected chi connectivity index (χ1v) is 7.06. The third-order valence-corrected chi connectivity index (χ3v) is 3.83. The Morgan fingerprint density at radius 2 is 2.20 bits per heavy atom. The largest absolute Gasteiger partial charge is 0.337 e. The van der Waals surface area contributed by atoms with Crippen LogP contribution >= 0.6 is 0 Å². The predicted octanol–water partition coefficient (Wildman–Crippen LogP) is 2.11. The van der Waals surface area contributed by atoms with Crippen molar-refractivity contribution in [2.75, 3.05) is 13.1 Å². The van der Waals surface area contributed by atoms with Crippen LogP contribution in [0.25, 0.3) is 10.9 Å². The maximum atomic E-state index is 12.7. The van der Waals surface area contributed by atoms with E-state index in [9.17, 15) is 4.79 Å². The van der Waals surface area contributed by atoms with Gasteiger partial charge in [0, 0.05) is 30.2 Å². The monoisotopic (exact) mass is 269 g/mol. The van der Waals surface area contributed by atoms with Crippen LogP contribution in [-0.2, 0) is 0 Å². The summed E-state index contributed by atoms with van der Waals surface area (Å²) >= 11 is 0. The lowest BCUT2D eigenvalue weighted by Gasteiger charge is -2.31. The molecule has 3 rings (SSSR count). The molecular weight excluding hydrogens is 250 g/mol. The molecule has 1 aromatic carbocycles.